The van der Waals surface area contributed by atoms with Gasteiger partial charge in [-0.1, -0.05) is 25.5 Å². The second-order valence-electron chi connectivity index (χ2n) is 5.92. The molecule has 1 aromatic rings. The Labute approximate surface area is 130 Å². The van der Waals surface area contributed by atoms with Crippen LogP contribution in [-0.2, 0) is 16.0 Å². The van der Waals surface area contributed by atoms with Crippen molar-refractivity contribution >= 4 is 17.7 Å². The van der Waals surface area contributed by atoms with Crippen molar-refractivity contribution in [3.63, 3.8) is 0 Å². The number of fused-ring (bicyclic) bond motifs is 1. The van der Waals surface area contributed by atoms with E-state index in [9.17, 15) is 9.59 Å². The molecular formula is C17H22N2O3. The molecule has 2 aliphatic heterocycles. The molecule has 3 rings (SSSR count). The molecule has 0 bridgehead atoms. The average molecular weight is 302 g/mol. The molecule has 1 atom stereocenters. The zero-order valence-electron chi connectivity index (χ0n) is 12.9. The molecule has 1 aromatic carbocycles. The summed E-state index contributed by atoms with van der Waals surface area (Å²) in [7, 11) is 0. The molecule has 0 radical (unpaired) electrons. The Kier molecular flexibility index (Phi) is 4.32. The van der Waals surface area contributed by atoms with Gasteiger partial charge in [0.25, 0.3) is 0 Å². The van der Waals surface area contributed by atoms with Gasteiger partial charge in [-0.2, -0.15) is 0 Å². The maximum atomic E-state index is 12.3. The number of anilines is 1. The predicted molar refractivity (Wildman–Crippen MR) is 83.7 cm³/mol. The Bertz CT molecular complexity index is 585. The van der Waals surface area contributed by atoms with E-state index in [0.717, 1.165) is 49.0 Å². The van der Waals surface area contributed by atoms with Gasteiger partial charge in [0.2, 0.25) is 5.91 Å². The Balaban J connectivity index is 1.78. The first kappa shape index (κ1) is 14.9. The van der Waals surface area contributed by atoms with Crippen LogP contribution >= 0.6 is 0 Å². The van der Waals surface area contributed by atoms with Crippen molar-refractivity contribution in [1.82, 2.24) is 4.90 Å². The fourth-order valence-corrected chi connectivity index (χ4v) is 3.28. The zero-order chi connectivity index (χ0) is 15.5. The minimum Gasteiger partial charge on any atom is -0.449 e. The number of nitrogens with one attached hydrogen (secondary N) is 1. The van der Waals surface area contributed by atoms with Crippen LogP contribution in [0, 0.1) is 0 Å². The van der Waals surface area contributed by atoms with E-state index in [1.165, 1.54) is 0 Å². The molecule has 1 saturated heterocycles. The number of hydrogen-bond donors (Lipinski definition) is 1. The van der Waals surface area contributed by atoms with Gasteiger partial charge in [0.1, 0.15) is 0 Å². The number of rotatable bonds is 4. The summed E-state index contributed by atoms with van der Waals surface area (Å²) in [6, 6.07) is 5.92. The number of nitrogens with zero attached hydrogens (tertiary/aromatic N) is 1. The third kappa shape index (κ3) is 2.80. The first-order valence-electron chi connectivity index (χ1n) is 8.05. The molecule has 2 amide bonds. The van der Waals surface area contributed by atoms with Crippen molar-refractivity contribution in [2.75, 3.05) is 18.5 Å². The van der Waals surface area contributed by atoms with Gasteiger partial charge < -0.3 is 15.0 Å². The second-order valence-corrected chi connectivity index (χ2v) is 5.92. The summed E-state index contributed by atoms with van der Waals surface area (Å²) in [4.78, 5) is 25.7. The molecule has 1 unspecified atom stereocenters. The number of amides is 2. The second kappa shape index (κ2) is 6.38. The summed E-state index contributed by atoms with van der Waals surface area (Å²) < 4.78 is 5.36. The van der Waals surface area contributed by atoms with Crippen molar-refractivity contribution in [3.05, 3.63) is 29.3 Å². The van der Waals surface area contributed by atoms with Crippen LogP contribution in [0.2, 0.25) is 0 Å². The SMILES string of the molecule is CCCCOC(=O)N1CCCC1c1cccc2c1CC(=O)N2. The van der Waals surface area contributed by atoms with Gasteiger partial charge in [0.15, 0.2) is 0 Å². The summed E-state index contributed by atoms with van der Waals surface area (Å²) in [6.07, 6.45) is 3.97. The van der Waals surface area contributed by atoms with Gasteiger partial charge in [-0.15, -0.1) is 0 Å². The van der Waals surface area contributed by atoms with Crippen LogP contribution < -0.4 is 5.32 Å². The van der Waals surface area contributed by atoms with E-state index in [1.54, 1.807) is 0 Å². The number of carbonyl (C=O) groups is 2. The molecule has 0 spiro atoms. The highest BCUT2D eigenvalue weighted by molar-refractivity contribution is 5.99. The molecule has 0 aromatic heterocycles. The molecular weight excluding hydrogens is 280 g/mol. The van der Waals surface area contributed by atoms with E-state index in [4.69, 9.17) is 4.74 Å². The van der Waals surface area contributed by atoms with E-state index >= 15 is 0 Å². The fraction of sp³-hybridized carbons (Fsp3) is 0.529. The molecule has 5 heteroatoms. The number of carbonyl (C=O) groups excluding carboxylic acids is 2. The molecule has 22 heavy (non-hydrogen) atoms. The van der Waals surface area contributed by atoms with Crippen LogP contribution in [0.5, 0.6) is 0 Å². The zero-order valence-corrected chi connectivity index (χ0v) is 12.9. The van der Waals surface area contributed by atoms with Crippen LogP contribution in [0.4, 0.5) is 10.5 Å². The third-order valence-electron chi connectivity index (χ3n) is 4.39. The van der Waals surface area contributed by atoms with Crippen molar-refractivity contribution in [2.45, 2.75) is 45.1 Å². The summed E-state index contributed by atoms with van der Waals surface area (Å²) in [5.74, 6) is 0.0255. The van der Waals surface area contributed by atoms with Crippen molar-refractivity contribution in [1.29, 1.82) is 0 Å². The average Bonchev–Trinajstić information content (AvgIpc) is 3.12. The Morgan fingerprint density at radius 1 is 1.45 bits per heavy atom. The van der Waals surface area contributed by atoms with E-state index in [1.807, 2.05) is 23.1 Å². The van der Waals surface area contributed by atoms with E-state index < -0.39 is 0 Å². The largest absolute Gasteiger partial charge is 0.449 e. The topological polar surface area (TPSA) is 58.6 Å². The molecule has 2 aliphatic rings. The highest BCUT2D eigenvalue weighted by Crippen LogP contribution is 2.38. The number of benzene rings is 1. The van der Waals surface area contributed by atoms with Crippen molar-refractivity contribution in [3.8, 4) is 0 Å². The van der Waals surface area contributed by atoms with Crippen molar-refractivity contribution < 1.29 is 14.3 Å². The minimum atomic E-state index is -0.231. The maximum Gasteiger partial charge on any atom is 0.410 e. The fourth-order valence-electron chi connectivity index (χ4n) is 3.28. The number of unbranched alkanes of at least 4 members (excludes halogenated alkanes) is 1. The molecule has 2 heterocycles. The van der Waals surface area contributed by atoms with Crippen LogP contribution in [0.15, 0.2) is 18.2 Å². The molecule has 0 saturated carbocycles. The minimum absolute atomic E-state index is 0.0248. The lowest BCUT2D eigenvalue weighted by Gasteiger charge is -2.25. The molecule has 1 fully saturated rings. The summed E-state index contributed by atoms with van der Waals surface area (Å²) in [5, 5.41) is 2.87. The Hall–Kier alpha value is -2.04. The standard InChI is InChI=1S/C17H22N2O3/c1-2-3-10-22-17(21)19-9-5-8-15(19)12-6-4-7-14-13(12)11-16(20)18-14/h4,6-7,15H,2-3,5,8-11H2,1H3,(H,18,20). The maximum absolute atomic E-state index is 12.3. The van der Waals surface area contributed by atoms with Gasteiger partial charge in [-0.25, -0.2) is 4.79 Å². The molecule has 5 nitrogen and oxygen atoms in total. The Morgan fingerprint density at radius 2 is 2.32 bits per heavy atom. The van der Waals surface area contributed by atoms with Crippen LogP contribution in [0.25, 0.3) is 0 Å². The lowest BCUT2D eigenvalue weighted by Crippen LogP contribution is -2.31. The molecule has 118 valence electrons. The van der Waals surface area contributed by atoms with Gasteiger partial charge in [0.05, 0.1) is 19.1 Å². The molecule has 1 N–H and O–H groups in total. The van der Waals surface area contributed by atoms with Gasteiger partial charge in [0, 0.05) is 12.2 Å². The quantitative estimate of drug-likeness (QED) is 0.869. The van der Waals surface area contributed by atoms with E-state index in [-0.39, 0.29) is 18.0 Å². The number of likely N-dealkylation sites (tertiary alicyclic amines) is 1. The van der Waals surface area contributed by atoms with Gasteiger partial charge in [-0.3, -0.25) is 4.79 Å². The summed E-state index contributed by atoms with van der Waals surface area (Å²) in [6.45, 7) is 3.27. The third-order valence-corrected chi connectivity index (χ3v) is 4.39. The highest BCUT2D eigenvalue weighted by Gasteiger charge is 2.34. The van der Waals surface area contributed by atoms with Crippen LogP contribution in [-0.4, -0.2) is 30.1 Å². The lowest BCUT2D eigenvalue weighted by atomic mass is 9.96. The van der Waals surface area contributed by atoms with Crippen LogP contribution in [0.1, 0.15) is 49.8 Å². The summed E-state index contributed by atoms with van der Waals surface area (Å²) in [5.41, 5.74) is 3.00. The first-order chi connectivity index (χ1) is 10.7. The van der Waals surface area contributed by atoms with Crippen LogP contribution in [0.3, 0.4) is 0 Å². The number of hydrogen-bond acceptors (Lipinski definition) is 3. The Morgan fingerprint density at radius 3 is 3.14 bits per heavy atom. The normalized spacial score (nSPS) is 20.0. The molecule has 0 aliphatic carbocycles. The highest BCUT2D eigenvalue weighted by atomic mass is 16.6. The van der Waals surface area contributed by atoms with Gasteiger partial charge >= 0.3 is 6.09 Å². The van der Waals surface area contributed by atoms with E-state index in [0.29, 0.717) is 13.0 Å². The monoisotopic (exact) mass is 302 g/mol. The van der Waals surface area contributed by atoms with Gasteiger partial charge in [-0.05, 0) is 36.5 Å². The summed E-state index contributed by atoms with van der Waals surface area (Å²) >= 11 is 0. The van der Waals surface area contributed by atoms with Crippen molar-refractivity contribution in [2.24, 2.45) is 0 Å². The first-order valence-corrected chi connectivity index (χ1v) is 8.05. The van der Waals surface area contributed by atoms with E-state index in [2.05, 4.69) is 12.2 Å². The predicted octanol–water partition coefficient (Wildman–Crippen LogP) is 3.25. The smallest absolute Gasteiger partial charge is 0.410 e. The lowest BCUT2D eigenvalue weighted by molar-refractivity contribution is -0.115. The number of ether oxygens (including phenoxy) is 1.